The van der Waals surface area contributed by atoms with Gasteiger partial charge in [0.15, 0.2) is 5.75 Å². The highest BCUT2D eigenvalue weighted by molar-refractivity contribution is 9.09. The first-order chi connectivity index (χ1) is 10.1. The summed E-state index contributed by atoms with van der Waals surface area (Å²) in [6.07, 6.45) is 0. The highest BCUT2D eigenvalue weighted by atomic mass is 79.9. The molecule has 1 aliphatic heterocycles. The molecule has 0 saturated carbocycles. The Morgan fingerprint density at radius 3 is 3.00 bits per heavy atom. The molecule has 0 bridgehead atoms. The number of nitrogens with zero attached hydrogens (tertiary/aromatic N) is 2. The fourth-order valence-corrected chi connectivity index (χ4v) is 2.72. The van der Waals surface area contributed by atoms with Gasteiger partial charge in [0, 0.05) is 23.5 Å². The first-order valence-electron chi connectivity index (χ1n) is 6.35. The Balaban J connectivity index is 2.30. The summed E-state index contributed by atoms with van der Waals surface area (Å²) >= 11 is 3.35. The van der Waals surface area contributed by atoms with Gasteiger partial charge in [-0.15, -0.1) is 0 Å². The second kappa shape index (κ2) is 6.86. The highest BCUT2D eigenvalue weighted by Crippen LogP contribution is 2.28. The van der Waals surface area contributed by atoms with Crippen LogP contribution in [0.4, 0.5) is 5.69 Å². The highest BCUT2D eigenvalue weighted by Gasteiger charge is 2.28. The molecule has 8 heteroatoms. The summed E-state index contributed by atoms with van der Waals surface area (Å²) in [5.74, 6) is -0.107. The number of carbonyl (C=O) groups excluding carboxylic acids is 1. The summed E-state index contributed by atoms with van der Waals surface area (Å²) in [5.41, 5.74) is 0.0577. The van der Waals surface area contributed by atoms with Crippen molar-refractivity contribution in [1.29, 1.82) is 0 Å². The van der Waals surface area contributed by atoms with Crippen LogP contribution >= 0.6 is 15.9 Å². The van der Waals surface area contributed by atoms with E-state index >= 15 is 0 Å². The van der Waals surface area contributed by atoms with E-state index in [0.29, 0.717) is 25.1 Å². The zero-order chi connectivity index (χ0) is 15.4. The molecule has 0 N–H and O–H groups in total. The molecule has 1 aliphatic rings. The monoisotopic (exact) mass is 358 g/mol. The van der Waals surface area contributed by atoms with E-state index in [1.807, 2.05) is 0 Å². The Bertz CT molecular complexity index is 551. The maximum absolute atomic E-state index is 12.5. The lowest BCUT2D eigenvalue weighted by Gasteiger charge is -2.34. The lowest BCUT2D eigenvalue weighted by Crippen LogP contribution is -2.49. The minimum Gasteiger partial charge on any atom is -0.490 e. The van der Waals surface area contributed by atoms with Crippen LogP contribution in [0.25, 0.3) is 0 Å². The van der Waals surface area contributed by atoms with Gasteiger partial charge in [-0.3, -0.25) is 14.9 Å². The Morgan fingerprint density at radius 1 is 1.62 bits per heavy atom. The number of benzene rings is 1. The van der Waals surface area contributed by atoms with Crippen molar-refractivity contribution in [3.05, 3.63) is 33.9 Å². The third-order valence-electron chi connectivity index (χ3n) is 3.29. The quantitative estimate of drug-likeness (QED) is 0.466. The predicted octanol–water partition coefficient (Wildman–Crippen LogP) is 1.84. The summed E-state index contributed by atoms with van der Waals surface area (Å²) in [4.78, 5) is 24.7. The van der Waals surface area contributed by atoms with E-state index in [4.69, 9.17) is 9.47 Å². The predicted molar refractivity (Wildman–Crippen MR) is 79.1 cm³/mol. The minimum absolute atomic E-state index is 0.0765. The van der Waals surface area contributed by atoms with Gasteiger partial charge in [0.2, 0.25) is 0 Å². The number of methoxy groups -OCH3 is 1. The van der Waals surface area contributed by atoms with Gasteiger partial charge in [-0.05, 0) is 12.1 Å². The molecule has 0 aromatic heterocycles. The van der Waals surface area contributed by atoms with Gasteiger partial charge in [-0.2, -0.15) is 0 Å². The first-order valence-corrected chi connectivity index (χ1v) is 7.47. The number of hydrogen-bond donors (Lipinski definition) is 0. The molecule has 1 aromatic carbocycles. The van der Waals surface area contributed by atoms with Crippen LogP contribution in [0.2, 0.25) is 0 Å². The van der Waals surface area contributed by atoms with E-state index in [1.54, 1.807) is 4.90 Å². The molecule has 21 heavy (non-hydrogen) atoms. The van der Waals surface area contributed by atoms with Crippen molar-refractivity contribution >= 4 is 27.5 Å². The summed E-state index contributed by atoms with van der Waals surface area (Å²) in [6.45, 7) is 1.39. The van der Waals surface area contributed by atoms with Crippen molar-refractivity contribution in [1.82, 2.24) is 4.90 Å². The molecule has 114 valence electrons. The SMILES string of the molecule is COc1ccc(C(=O)N2CCOCC2CBr)cc1[N+](=O)[O-]. The molecule has 1 aromatic rings. The summed E-state index contributed by atoms with van der Waals surface area (Å²) in [7, 11) is 1.35. The fourth-order valence-electron chi connectivity index (χ4n) is 2.18. The van der Waals surface area contributed by atoms with E-state index in [1.165, 1.54) is 25.3 Å². The lowest BCUT2D eigenvalue weighted by atomic mass is 10.1. The molecule has 1 amide bonds. The van der Waals surface area contributed by atoms with E-state index in [0.717, 1.165) is 0 Å². The van der Waals surface area contributed by atoms with E-state index in [9.17, 15) is 14.9 Å². The average molecular weight is 359 g/mol. The van der Waals surface area contributed by atoms with Crippen LogP contribution < -0.4 is 4.74 Å². The number of amides is 1. The first kappa shape index (κ1) is 15.7. The topological polar surface area (TPSA) is 81.9 Å². The number of nitro groups is 1. The average Bonchev–Trinajstić information content (AvgIpc) is 2.53. The maximum atomic E-state index is 12.5. The van der Waals surface area contributed by atoms with E-state index in [-0.39, 0.29) is 28.9 Å². The van der Waals surface area contributed by atoms with Gasteiger partial charge in [0.25, 0.3) is 5.91 Å². The molecule has 1 fully saturated rings. The van der Waals surface area contributed by atoms with Crippen molar-refractivity contribution in [3.63, 3.8) is 0 Å². The number of morpholine rings is 1. The zero-order valence-corrected chi connectivity index (χ0v) is 13.0. The van der Waals surface area contributed by atoms with Crippen molar-refractivity contribution < 1.29 is 19.2 Å². The molecule has 2 rings (SSSR count). The Kier molecular flexibility index (Phi) is 5.13. The van der Waals surface area contributed by atoms with Gasteiger partial charge < -0.3 is 14.4 Å². The van der Waals surface area contributed by atoms with E-state index < -0.39 is 4.92 Å². The number of nitro benzene ring substituents is 1. The third kappa shape index (κ3) is 3.33. The molecule has 1 unspecified atom stereocenters. The molecular weight excluding hydrogens is 344 g/mol. The Labute approximate surface area is 130 Å². The van der Waals surface area contributed by atoms with Gasteiger partial charge in [0.05, 0.1) is 31.3 Å². The fraction of sp³-hybridized carbons (Fsp3) is 0.462. The van der Waals surface area contributed by atoms with Crippen LogP contribution in [0.3, 0.4) is 0 Å². The second-order valence-corrected chi connectivity index (χ2v) is 5.17. The molecule has 1 atom stereocenters. The molecule has 0 radical (unpaired) electrons. The summed E-state index contributed by atoms with van der Waals surface area (Å²) in [6, 6.07) is 4.15. The number of ether oxygens (including phenoxy) is 2. The molecule has 7 nitrogen and oxygen atoms in total. The molecule has 1 saturated heterocycles. The second-order valence-electron chi connectivity index (χ2n) is 4.53. The number of carbonyl (C=O) groups is 1. The van der Waals surface area contributed by atoms with Gasteiger partial charge in [0.1, 0.15) is 0 Å². The molecule has 0 spiro atoms. The third-order valence-corrected chi connectivity index (χ3v) is 4.04. The van der Waals surface area contributed by atoms with Crippen molar-refractivity contribution in [2.75, 3.05) is 32.2 Å². The lowest BCUT2D eigenvalue weighted by molar-refractivity contribution is -0.385. The number of halogens is 1. The van der Waals surface area contributed by atoms with Gasteiger partial charge in [-0.25, -0.2) is 0 Å². The van der Waals surface area contributed by atoms with Crippen LogP contribution in [0.15, 0.2) is 18.2 Å². The number of hydrogen-bond acceptors (Lipinski definition) is 5. The van der Waals surface area contributed by atoms with Crippen molar-refractivity contribution in [2.24, 2.45) is 0 Å². The van der Waals surface area contributed by atoms with Crippen molar-refractivity contribution in [2.45, 2.75) is 6.04 Å². The minimum atomic E-state index is -0.559. The summed E-state index contributed by atoms with van der Waals surface area (Å²) < 4.78 is 10.3. The zero-order valence-electron chi connectivity index (χ0n) is 11.5. The summed E-state index contributed by atoms with van der Waals surface area (Å²) in [5, 5.41) is 11.6. The van der Waals surface area contributed by atoms with Crippen LogP contribution in [-0.4, -0.2) is 54.0 Å². The maximum Gasteiger partial charge on any atom is 0.311 e. The van der Waals surface area contributed by atoms with Gasteiger partial charge in [-0.1, -0.05) is 15.9 Å². The van der Waals surface area contributed by atoms with Crippen LogP contribution in [-0.2, 0) is 4.74 Å². The van der Waals surface area contributed by atoms with Crippen LogP contribution in [0.5, 0.6) is 5.75 Å². The smallest absolute Gasteiger partial charge is 0.311 e. The number of alkyl halides is 1. The number of rotatable bonds is 4. The Morgan fingerprint density at radius 2 is 2.38 bits per heavy atom. The van der Waals surface area contributed by atoms with Crippen LogP contribution in [0.1, 0.15) is 10.4 Å². The van der Waals surface area contributed by atoms with Crippen LogP contribution in [0, 0.1) is 10.1 Å². The van der Waals surface area contributed by atoms with Crippen molar-refractivity contribution in [3.8, 4) is 5.75 Å². The molecule has 1 heterocycles. The standard InChI is InChI=1S/C13H15BrN2O5/c1-20-12-3-2-9(6-11(12)16(18)19)13(17)15-4-5-21-8-10(15)7-14/h2-3,6,10H,4-5,7-8H2,1H3. The Hall–Kier alpha value is -1.67. The largest absolute Gasteiger partial charge is 0.490 e. The molecular formula is C13H15BrN2O5. The normalized spacial score (nSPS) is 18.4. The van der Waals surface area contributed by atoms with E-state index in [2.05, 4.69) is 15.9 Å². The van der Waals surface area contributed by atoms with Gasteiger partial charge >= 0.3 is 5.69 Å². The molecule has 0 aliphatic carbocycles.